The fourth-order valence-electron chi connectivity index (χ4n) is 5.87. The molecule has 1 unspecified atom stereocenters. The van der Waals surface area contributed by atoms with Crippen LogP contribution >= 0.6 is 0 Å². The topological polar surface area (TPSA) is 50.1 Å². The van der Waals surface area contributed by atoms with Gasteiger partial charge in [0.2, 0.25) is 0 Å². The van der Waals surface area contributed by atoms with E-state index in [1.54, 1.807) is 0 Å². The fraction of sp³-hybridized carbons (Fsp3) is 0.600. The number of unbranched alkanes of at least 4 members (excludes halogenated alkanes) is 6. The molecule has 1 aliphatic carbocycles. The van der Waals surface area contributed by atoms with Gasteiger partial charge in [0.05, 0.1) is 11.5 Å². The molecule has 3 rings (SSSR count). The quantitative estimate of drug-likeness (QED) is 0.135. The van der Waals surface area contributed by atoms with Gasteiger partial charge in [-0.2, -0.15) is 5.26 Å². The van der Waals surface area contributed by atoms with Gasteiger partial charge in [-0.15, -0.1) is 0 Å². The van der Waals surface area contributed by atoms with Gasteiger partial charge in [-0.25, -0.2) is 0 Å². The second-order valence-electron chi connectivity index (χ2n) is 11.6. The molecule has 3 heteroatoms. The molecule has 0 aromatic heterocycles. The highest BCUT2D eigenvalue weighted by atomic mass is 16.5. The Labute approximate surface area is 232 Å². The molecule has 1 fully saturated rings. The van der Waals surface area contributed by atoms with Crippen molar-refractivity contribution in [2.75, 3.05) is 0 Å². The monoisotopic (exact) mass is 515 g/mol. The van der Waals surface area contributed by atoms with Gasteiger partial charge >= 0.3 is 5.97 Å². The fourth-order valence-corrected chi connectivity index (χ4v) is 5.87. The molecule has 0 saturated heterocycles. The molecule has 0 heterocycles. The third-order valence-corrected chi connectivity index (χ3v) is 8.34. The van der Waals surface area contributed by atoms with Crippen molar-refractivity contribution in [3.05, 3.63) is 64.7 Å². The van der Waals surface area contributed by atoms with Crippen LogP contribution in [0.3, 0.4) is 0 Å². The maximum absolute atomic E-state index is 12.9. The molecule has 1 aliphatic rings. The number of ether oxygens (including phenoxy) is 1. The lowest BCUT2D eigenvalue weighted by molar-refractivity contribution is -0.140. The van der Waals surface area contributed by atoms with Gasteiger partial charge in [0, 0.05) is 0 Å². The molecular formula is C35H49NO2. The van der Waals surface area contributed by atoms with Gasteiger partial charge < -0.3 is 4.74 Å². The zero-order valence-electron chi connectivity index (χ0n) is 24.1. The van der Waals surface area contributed by atoms with Crippen molar-refractivity contribution in [3.63, 3.8) is 0 Å². The van der Waals surface area contributed by atoms with Crippen LogP contribution in [0.15, 0.2) is 42.5 Å². The maximum Gasteiger partial charge on any atom is 0.314 e. The van der Waals surface area contributed by atoms with Crippen LogP contribution in [0.5, 0.6) is 5.75 Å². The van der Waals surface area contributed by atoms with E-state index in [1.807, 2.05) is 18.2 Å². The first-order chi connectivity index (χ1) is 18.5. The number of benzene rings is 2. The Bertz CT molecular complexity index is 1010. The van der Waals surface area contributed by atoms with E-state index in [-0.39, 0.29) is 11.9 Å². The average Bonchev–Trinajstić information content (AvgIpc) is 2.94. The number of esters is 1. The molecule has 2 aromatic rings. The molecule has 2 aromatic carbocycles. The summed E-state index contributed by atoms with van der Waals surface area (Å²) in [6, 6.07) is 17.2. The Kier molecular flexibility index (Phi) is 12.9. The Hall–Kier alpha value is -2.60. The summed E-state index contributed by atoms with van der Waals surface area (Å²) in [5.74, 6) is 1.40. The molecule has 0 aliphatic heterocycles. The van der Waals surface area contributed by atoms with E-state index in [1.165, 1.54) is 62.5 Å². The molecular weight excluding hydrogens is 466 g/mol. The van der Waals surface area contributed by atoms with Gasteiger partial charge in [-0.05, 0) is 85.6 Å². The van der Waals surface area contributed by atoms with Gasteiger partial charge in [0.15, 0.2) is 0 Å². The lowest BCUT2D eigenvalue weighted by atomic mass is 9.78. The molecule has 0 spiro atoms. The predicted molar refractivity (Wildman–Crippen MR) is 157 cm³/mol. The van der Waals surface area contributed by atoms with E-state index in [9.17, 15) is 10.1 Å². The zero-order valence-corrected chi connectivity index (χ0v) is 24.1. The molecule has 0 bridgehead atoms. The van der Waals surface area contributed by atoms with E-state index in [2.05, 4.69) is 51.1 Å². The minimum Gasteiger partial charge on any atom is -0.425 e. The number of hydrogen-bond donors (Lipinski definition) is 0. The van der Waals surface area contributed by atoms with Crippen LogP contribution in [-0.2, 0) is 17.6 Å². The number of nitrogens with zero attached hydrogens (tertiary/aromatic N) is 1. The van der Waals surface area contributed by atoms with Crippen LogP contribution in [-0.4, -0.2) is 5.97 Å². The van der Waals surface area contributed by atoms with E-state index in [4.69, 9.17) is 4.74 Å². The second-order valence-corrected chi connectivity index (χ2v) is 11.6. The first-order valence-electron chi connectivity index (χ1n) is 15.4. The lowest BCUT2D eigenvalue weighted by Crippen LogP contribution is -2.25. The number of carbonyl (C=O) groups excluding carboxylic acids is 1. The summed E-state index contributed by atoms with van der Waals surface area (Å²) in [6.07, 6.45) is 17.3. The van der Waals surface area contributed by atoms with Crippen molar-refractivity contribution in [2.24, 2.45) is 11.8 Å². The minimum absolute atomic E-state index is 0.0840. The van der Waals surface area contributed by atoms with Crippen molar-refractivity contribution in [3.8, 4) is 11.8 Å². The highest BCUT2D eigenvalue weighted by molar-refractivity contribution is 5.76. The summed E-state index contributed by atoms with van der Waals surface area (Å²) in [5, 5.41) is 9.64. The second kappa shape index (κ2) is 16.4. The first-order valence-corrected chi connectivity index (χ1v) is 15.4. The van der Waals surface area contributed by atoms with Crippen LogP contribution in [0, 0.1) is 23.2 Å². The Morgan fingerprint density at radius 3 is 2.24 bits per heavy atom. The van der Waals surface area contributed by atoms with Crippen molar-refractivity contribution in [2.45, 2.75) is 123 Å². The molecule has 3 nitrogen and oxygen atoms in total. The Morgan fingerprint density at radius 2 is 1.55 bits per heavy atom. The standard InChI is InChI=1S/C35H49NO2/c1-4-6-8-9-11-13-28-16-23-34(33(25-28)26-36)38-35(37)32-21-19-31(20-22-32)30-17-14-29(15-18-30)24-27(3)12-10-7-5-2/h14-18,23,25,27,31-32H,4-13,19-22,24H2,1-3H3. The highest BCUT2D eigenvalue weighted by Crippen LogP contribution is 2.37. The molecule has 0 amide bonds. The lowest BCUT2D eigenvalue weighted by Gasteiger charge is -2.27. The van der Waals surface area contributed by atoms with Crippen LogP contribution in [0.2, 0.25) is 0 Å². The number of aryl methyl sites for hydroxylation is 1. The van der Waals surface area contributed by atoms with Gasteiger partial charge in [-0.3, -0.25) is 4.79 Å². The minimum atomic E-state index is -0.181. The molecule has 0 radical (unpaired) electrons. The van der Waals surface area contributed by atoms with Crippen LogP contribution in [0.4, 0.5) is 0 Å². The smallest absolute Gasteiger partial charge is 0.314 e. The van der Waals surface area contributed by atoms with Gasteiger partial charge in [0.1, 0.15) is 11.8 Å². The van der Waals surface area contributed by atoms with E-state index in [0.717, 1.165) is 56.4 Å². The average molecular weight is 516 g/mol. The Balaban J connectivity index is 1.45. The third-order valence-electron chi connectivity index (χ3n) is 8.34. The summed E-state index contributed by atoms with van der Waals surface area (Å²) in [5.41, 5.74) is 4.45. The number of rotatable bonds is 15. The predicted octanol–water partition coefficient (Wildman–Crippen LogP) is 9.71. The molecule has 206 valence electrons. The van der Waals surface area contributed by atoms with E-state index >= 15 is 0 Å². The third kappa shape index (κ3) is 9.61. The Morgan fingerprint density at radius 1 is 0.895 bits per heavy atom. The zero-order chi connectivity index (χ0) is 27.2. The largest absolute Gasteiger partial charge is 0.425 e. The van der Waals surface area contributed by atoms with Gasteiger partial charge in [-0.1, -0.05) is 102 Å². The molecule has 1 atom stereocenters. The summed E-state index contributed by atoms with van der Waals surface area (Å²) in [4.78, 5) is 12.9. The number of nitriles is 1. The normalized spacial score (nSPS) is 18.1. The SMILES string of the molecule is CCCCCCCc1ccc(OC(=O)C2CCC(c3ccc(CC(C)CCCCC)cc3)CC2)c(C#N)c1. The molecule has 1 saturated carbocycles. The van der Waals surface area contributed by atoms with Crippen LogP contribution < -0.4 is 4.74 Å². The van der Waals surface area contributed by atoms with Gasteiger partial charge in [0.25, 0.3) is 0 Å². The van der Waals surface area contributed by atoms with Crippen LogP contribution in [0.1, 0.15) is 132 Å². The number of hydrogen-bond acceptors (Lipinski definition) is 3. The molecule has 38 heavy (non-hydrogen) atoms. The summed E-state index contributed by atoms with van der Waals surface area (Å²) in [6.45, 7) is 6.85. The summed E-state index contributed by atoms with van der Waals surface area (Å²) < 4.78 is 5.76. The first kappa shape index (κ1) is 29.9. The maximum atomic E-state index is 12.9. The van der Waals surface area contributed by atoms with E-state index in [0.29, 0.717) is 17.2 Å². The van der Waals surface area contributed by atoms with Crippen molar-refractivity contribution in [1.82, 2.24) is 0 Å². The van der Waals surface area contributed by atoms with Crippen molar-refractivity contribution in [1.29, 1.82) is 5.26 Å². The summed E-state index contributed by atoms with van der Waals surface area (Å²) >= 11 is 0. The van der Waals surface area contributed by atoms with Crippen molar-refractivity contribution < 1.29 is 9.53 Å². The van der Waals surface area contributed by atoms with Crippen molar-refractivity contribution >= 4 is 5.97 Å². The molecule has 0 N–H and O–H groups in total. The highest BCUT2D eigenvalue weighted by Gasteiger charge is 2.29. The van der Waals surface area contributed by atoms with E-state index < -0.39 is 0 Å². The summed E-state index contributed by atoms with van der Waals surface area (Å²) in [7, 11) is 0. The van der Waals surface area contributed by atoms with Crippen LogP contribution in [0.25, 0.3) is 0 Å². The number of carbonyl (C=O) groups is 1.